The Labute approximate surface area is 238 Å². The van der Waals surface area contributed by atoms with Crippen LogP contribution in [0.2, 0.25) is 0 Å². The largest absolute Gasteiger partial charge is 0.384 e. The summed E-state index contributed by atoms with van der Waals surface area (Å²) < 4.78 is 16.2. The minimum absolute atomic E-state index is 0.165. The molecule has 1 aromatic heterocycles. The van der Waals surface area contributed by atoms with Crippen molar-refractivity contribution in [3.8, 4) is 0 Å². The molecule has 214 valence electrons. The summed E-state index contributed by atoms with van der Waals surface area (Å²) in [7, 11) is 0. The Balaban J connectivity index is 1.22. The molecule has 8 nitrogen and oxygen atoms in total. The second-order valence-electron chi connectivity index (χ2n) is 12.3. The van der Waals surface area contributed by atoms with Crippen molar-refractivity contribution >= 4 is 34.3 Å². The Bertz CT molecular complexity index is 1540. The van der Waals surface area contributed by atoms with E-state index in [1.807, 2.05) is 43.0 Å². The third kappa shape index (κ3) is 4.91. The number of halogens is 1. The number of anilines is 1. The summed E-state index contributed by atoms with van der Waals surface area (Å²) in [6.45, 7) is 6.51. The molecule has 0 bridgehead atoms. The minimum atomic E-state index is -1.41. The van der Waals surface area contributed by atoms with Crippen molar-refractivity contribution < 1.29 is 23.9 Å². The van der Waals surface area contributed by atoms with Crippen LogP contribution >= 0.6 is 0 Å². The summed E-state index contributed by atoms with van der Waals surface area (Å²) in [5, 5.41) is 14.6. The Morgan fingerprint density at radius 3 is 2.54 bits per heavy atom. The summed E-state index contributed by atoms with van der Waals surface area (Å²) in [5.74, 6) is -1.63. The van der Waals surface area contributed by atoms with Crippen molar-refractivity contribution in [3.05, 3.63) is 71.2 Å². The quantitative estimate of drug-likeness (QED) is 0.457. The van der Waals surface area contributed by atoms with Gasteiger partial charge in [-0.1, -0.05) is 32.0 Å². The van der Waals surface area contributed by atoms with Crippen molar-refractivity contribution in [3.63, 3.8) is 0 Å². The summed E-state index contributed by atoms with van der Waals surface area (Å²) >= 11 is 0. The molecule has 2 N–H and O–H groups in total. The molecule has 3 saturated heterocycles. The van der Waals surface area contributed by atoms with Crippen molar-refractivity contribution in [1.82, 2.24) is 15.2 Å². The lowest BCUT2D eigenvalue weighted by Crippen LogP contribution is -2.55. The summed E-state index contributed by atoms with van der Waals surface area (Å²) in [6, 6.07) is 13.1. The van der Waals surface area contributed by atoms with E-state index in [2.05, 4.69) is 15.2 Å². The van der Waals surface area contributed by atoms with Gasteiger partial charge in [0.05, 0.1) is 17.0 Å². The predicted octanol–water partition coefficient (Wildman–Crippen LogP) is 4.14. The highest BCUT2D eigenvalue weighted by atomic mass is 19.1. The number of benzene rings is 2. The zero-order valence-corrected chi connectivity index (χ0v) is 23.5. The molecule has 2 aromatic carbocycles. The maximum absolute atomic E-state index is 16.2. The second-order valence-corrected chi connectivity index (χ2v) is 12.3. The van der Waals surface area contributed by atoms with Gasteiger partial charge in [0.15, 0.2) is 0 Å². The van der Waals surface area contributed by atoms with Gasteiger partial charge in [0.2, 0.25) is 17.7 Å². The number of imide groups is 1. The molecular weight excluding hydrogens is 523 g/mol. The molecule has 0 radical (unpaired) electrons. The molecule has 0 saturated carbocycles. The van der Waals surface area contributed by atoms with Gasteiger partial charge in [0.1, 0.15) is 5.82 Å². The lowest BCUT2D eigenvalue weighted by molar-refractivity contribution is -0.134. The van der Waals surface area contributed by atoms with Crippen LogP contribution in [-0.4, -0.2) is 52.3 Å². The van der Waals surface area contributed by atoms with Crippen LogP contribution in [0.1, 0.15) is 68.6 Å². The number of fused-ring (bicyclic) bond motifs is 1. The standard InChI is InChI=1S/C32H35FN4O4/c1-31(2)19-36(18-20-5-7-22(8-6-20)37-14-3-4-28(37)39)15-13-32(31,41)25-10-11-26-24(29(25)33)16-21(17-34-26)23-9-12-27(38)35-30(23)40/h5-8,10-11,16-17,23,41H,3-4,9,12-15,18-19H2,1-2H3,(H,35,38,40)/t23?,32-/m0/s1. The van der Waals surface area contributed by atoms with Crippen molar-refractivity contribution in [2.45, 2.75) is 64.0 Å². The molecule has 1 unspecified atom stereocenters. The number of aromatic nitrogens is 1. The number of nitrogens with one attached hydrogen (secondary N) is 1. The first kappa shape index (κ1) is 27.5. The number of likely N-dealkylation sites (tertiary alicyclic amines) is 1. The predicted molar refractivity (Wildman–Crippen MR) is 152 cm³/mol. The molecule has 9 heteroatoms. The Hall–Kier alpha value is -3.69. The van der Waals surface area contributed by atoms with Gasteiger partial charge in [-0.25, -0.2) is 4.39 Å². The maximum atomic E-state index is 16.2. The Morgan fingerprint density at radius 1 is 1.07 bits per heavy atom. The Kier molecular flexibility index (Phi) is 6.90. The number of aliphatic hydroxyl groups is 1. The highest BCUT2D eigenvalue weighted by Gasteiger charge is 2.50. The summed E-state index contributed by atoms with van der Waals surface area (Å²) in [6.07, 6.45) is 3.98. The van der Waals surface area contributed by atoms with Crippen LogP contribution in [0.5, 0.6) is 0 Å². The number of piperidine rings is 2. The van der Waals surface area contributed by atoms with E-state index >= 15 is 4.39 Å². The zero-order chi connectivity index (χ0) is 28.9. The normalized spacial score (nSPS) is 25.1. The topological polar surface area (TPSA) is 103 Å². The third-order valence-corrected chi connectivity index (χ3v) is 9.16. The number of amides is 3. The van der Waals surface area contributed by atoms with E-state index in [4.69, 9.17) is 0 Å². The fraction of sp³-hybridized carbons (Fsp3) is 0.438. The first-order valence-corrected chi connectivity index (χ1v) is 14.3. The average molecular weight is 559 g/mol. The summed E-state index contributed by atoms with van der Waals surface area (Å²) in [5.41, 5.74) is 1.19. The van der Waals surface area contributed by atoms with Crippen LogP contribution < -0.4 is 10.2 Å². The minimum Gasteiger partial charge on any atom is -0.384 e. The molecule has 6 rings (SSSR count). The van der Waals surface area contributed by atoms with Gasteiger partial charge in [-0.2, -0.15) is 0 Å². The molecule has 3 fully saturated rings. The molecular formula is C32H35FN4O4. The highest BCUT2D eigenvalue weighted by Crippen LogP contribution is 2.48. The first-order chi connectivity index (χ1) is 19.6. The van der Waals surface area contributed by atoms with Crippen molar-refractivity contribution in [2.75, 3.05) is 24.5 Å². The molecule has 3 aromatic rings. The molecule has 3 aliphatic rings. The molecule has 3 amide bonds. The van der Waals surface area contributed by atoms with E-state index in [9.17, 15) is 19.5 Å². The first-order valence-electron chi connectivity index (χ1n) is 14.3. The SMILES string of the molecule is CC1(C)CN(Cc2ccc(N3CCCC3=O)cc2)CC[C@]1(O)c1ccc2ncc(C3CCC(=O)NC3=O)cc2c1F. The number of nitrogens with zero attached hydrogens (tertiary/aromatic N) is 3. The van der Waals surface area contributed by atoms with Gasteiger partial charge >= 0.3 is 0 Å². The van der Waals surface area contributed by atoms with Gasteiger partial charge in [0.25, 0.3) is 0 Å². The fourth-order valence-corrected chi connectivity index (χ4v) is 6.72. The van der Waals surface area contributed by atoms with Gasteiger partial charge in [0, 0.05) is 67.3 Å². The van der Waals surface area contributed by atoms with E-state index in [0.29, 0.717) is 50.0 Å². The summed E-state index contributed by atoms with van der Waals surface area (Å²) in [4.78, 5) is 44.6. The molecule has 0 spiro atoms. The van der Waals surface area contributed by atoms with Gasteiger partial charge in [-0.3, -0.25) is 29.6 Å². The number of carbonyl (C=O) groups is 3. The lowest BCUT2D eigenvalue weighted by atomic mass is 9.66. The van der Waals surface area contributed by atoms with Gasteiger partial charge < -0.3 is 10.0 Å². The van der Waals surface area contributed by atoms with Gasteiger partial charge in [-0.15, -0.1) is 0 Å². The van der Waals surface area contributed by atoms with E-state index < -0.39 is 28.7 Å². The van der Waals surface area contributed by atoms with Crippen LogP contribution in [0.4, 0.5) is 10.1 Å². The molecule has 3 aliphatic heterocycles. The number of hydrogen-bond acceptors (Lipinski definition) is 6. The fourth-order valence-electron chi connectivity index (χ4n) is 6.72. The van der Waals surface area contributed by atoms with Crippen molar-refractivity contribution in [2.24, 2.45) is 5.41 Å². The van der Waals surface area contributed by atoms with Crippen molar-refractivity contribution in [1.29, 1.82) is 0 Å². The van der Waals surface area contributed by atoms with Crippen LogP contribution in [0.3, 0.4) is 0 Å². The number of carbonyl (C=O) groups excluding carboxylic acids is 3. The van der Waals surface area contributed by atoms with E-state index in [0.717, 1.165) is 24.2 Å². The lowest BCUT2D eigenvalue weighted by Gasteiger charge is -2.50. The van der Waals surface area contributed by atoms with Crippen LogP contribution in [0.25, 0.3) is 10.9 Å². The monoisotopic (exact) mass is 558 g/mol. The van der Waals surface area contributed by atoms with Crippen LogP contribution in [0.15, 0.2) is 48.7 Å². The van der Waals surface area contributed by atoms with Crippen LogP contribution in [-0.2, 0) is 26.5 Å². The Morgan fingerprint density at radius 2 is 1.85 bits per heavy atom. The van der Waals surface area contributed by atoms with Crippen LogP contribution in [0, 0.1) is 11.2 Å². The number of hydrogen-bond donors (Lipinski definition) is 2. The second kappa shape index (κ2) is 10.3. The smallest absolute Gasteiger partial charge is 0.234 e. The third-order valence-electron chi connectivity index (χ3n) is 9.16. The molecule has 0 aliphatic carbocycles. The molecule has 41 heavy (non-hydrogen) atoms. The van der Waals surface area contributed by atoms with Gasteiger partial charge in [-0.05, 0) is 54.7 Å². The molecule has 2 atom stereocenters. The average Bonchev–Trinajstić information content (AvgIpc) is 3.37. The van der Waals surface area contributed by atoms with E-state index in [1.165, 1.54) is 0 Å². The zero-order valence-electron chi connectivity index (χ0n) is 23.5. The van der Waals surface area contributed by atoms with E-state index in [-0.39, 0.29) is 29.2 Å². The molecule has 4 heterocycles. The number of rotatable bonds is 5. The highest BCUT2D eigenvalue weighted by molar-refractivity contribution is 6.01. The number of pyridine rings is 1. The maximum Gasteiger partial charge on any atom is 0.234 e. The van der Waals surface area contributed by atoms with E-state index in [1.54, 1.807) is 24.4 Å².